The minimum atomic E-state index is -1.24. The molecule has 0 spiro atoms. The molecule has 2 aromatic carbocycles. The number of aryl methyl sites for hydroxylation is 1. The van der Waals surface area contributed by atoms with Gasteiger partial charge in [0, 0.05) is 16.9 Å². The molecule has 0 saturated heterocycles. The highest BCUT2D eigenvalue weighted by atomic mass is 32.2. The second-order valence-corrected chi connectivity index (χ2v) is 7.07. The summed E-state index contributed by atoms with van der Waals surface area (Å²) >= 11 is 0. The summed E-state index contributed by atoms with van der Waals surface area (Å²) < 4.78 is 13.1. The number of hydrogen-bond acceptors (Lipinski definition) is 3. The molecular weight excluding hydrogens is 320 g/mol. The number of hydrogen-bond donors (Lipinski definition) is 1. The van der Waals surface area contributed by atoms with Crippen LogP contribution in [0.15, 0.2) is 71.5 Å². The van der Waals surface area contributed by atoms with Gasteiger partial charge in [0.25, 0.3) is 5.56 Å². The number of nitrogens with zero attached hydrogens (tertiary/aromatic N) is 1. The van der Waals surface area contributed by atoms with E-state index in [1.54, 1.807) is 6.92 Å². The Morgan fingerprint density at radius 3 is 2.04 bits per heavy atom. The highest BCUT2D eigenvalue weighted by molar-refractivity contribution is 7.84. The molecule has 0 amide bonds. The van der Waals surface area contributed by atoms with E-state index in [2.05, 4.69) is 9.97 Å². The zero-order chi connectivity index (χ0) is 16.9. The lowest BCUT2D eigenvalue weighted by molar-refractivity contribution is 0.677. The topological polar surface area (TPSA) is 62.8 Å². The number of aromatic nitrogens is 2. The van der Waals surface area contributed by atoms with Gasteiger partial charge in [0.1, 0.15) is 5.82 Å². The summed E-state index contributed by atoms with van der Waals surface area (Å²) in [7, 11) is -1.24. The Kier molecular flexibility index (Phi) is 5.01. The van der Waals surface area contributed by atoms with Gasteiger partial charge in [-0.2, -0.15) is 0 Å². The van der Waals surface area contributed by atoms with E-state index in [0.29, 0.717) is 11.5 Å². The van der Waals surface area contributed by atoms with Crippen LogP contribution in [0.5, 0.6) is 0 Å². The average Bonchev–Trinajstić information content (AvgIpc) is 2.56. The van der Waals surface area contributed by atoms with Gasteiger partial charge in [-0.1, -0.05) is 60.7 Å². The fourth-order valence-electron chi connectivity index (χ4n) is 2.70. The zero-order valence-corrected chi connectivity index (χ0v) is 14.1. The van der Waals surface area contributed by atoms with Crippen LogP contribution in [0, 0.1) is 6.92 Å². The van der Waals surface area contributed by atoms with Crippen LogP contribution in [0.4, 0.5) is 0 Å². The van der Waals surface area contributed by atoms with Crippen LogP contribution >= 0.6 is 0 Å². The van der Waals surface area contributed by atoms with Gasteiger partial charge in [-0.05, 0) is 18.1 Å². The first-order chi connectivity index (χ1) is 11.6. The first-order valence-electron chi connectivity index (χ1n) is 7.67. The minimum absolute atomic E-state index is 0.217. The standard InChI is InChI=1S/C19H18N2O2S/c1-14-20-17(12-18(22)21-14)13-24(23)19(15-8-4-2-5-9-15)16-10-6-3-7-11-16/h2-12,19H,13H2,1H3,(H,20,21,22). The molecule has 5 heteroatoms. The second kappa shape index (κ2) is 7.36. The minimum Gasteiger partial charge on any atom is -0.311 e. The number of benzene rings is 2. The zero-order valence-electron chi connectivity index (χ0n) is 13.3. The molecule has 4 nitrogen and oxygen atoms in total. The summed E-state index contributed by atoms with van der Waals surface area (Å²) in [5, 5.41) is -0.256. The normalized spacial score (nSPS) is 12.2. The number of H-pyrrole nitrogens is 1. The van der Waals surface area contributed by atoms with Crippen LogP contribution in [0.3, 0.4) is 0 Å². The van der Waals surface area contributed by atoms with E-state index in [4.69, 9.17) is 0 Å². The van der Waals surface area contributed by atoms with E-state index in [9.17, 15) is 9.00 Å². The van der Waals surface area contributed by atoms with E-state index >= 15 is 0 Å². The van der Waals surface area contributed by atoms with Crippen molar-refractivity contribution < 1.29 is 4.21 Å². The molecular formula is C19H18N2O2S. The van der Waals surface area contributed by atoms with Crippen molar-refractivity contribution in [3.8, 4) is 0 Å². The van der Waals surface area contributed by atoms with Crippen LogP contribution in [0.25, 0.3) is 0 Å². The Hall–Kier alpha value is -2.53. The Morgan fingerprint density at radius 1 is 1.00 bits per heavy atom. The van der Waals surface area contributed by atoms with E-state index in [0.717, 1.165) is 11.1 Å². The average molecular weight is 338 g/mol. The second-order valence-electron chi connectivity index (χ2n) is 5.55. The van der Waals surface area contributed by atoms with Crippen LogP contribution in [-0.4, -0.2) is 14.2 Å². The predicted molar refractivity (Wildman–Crippen MR) is 96.2 cm³/mol. The summed E-state index contributed by atoms with van der Waals surface area (Å²) in [6.45, 7) is 1.72. The molecule has 1 atom stereocenters. The number of nitrogens with one attached hydrogen (secondary N) is 1. The van der Waals surface area contributed by atoms with Gasteiger partial charge in [0.05, 0.1) is 16.7 Å². The monoisotopic (exact) mass is 338 g/mol. The summed E-state index contributed by atoms with van der Waals surface area (Å²) in [4.78, 5) is 18.5. The summed E-state index contributed by atoms with van der Waals surface area (Å²) in [6.07, 6.45) is 0. The van der Waals surface area contributed by atoms with Crippen molar-refractivity contribution in [1.82, 2.24) is 9.97 Å². The molecule has 0 saturated carbocycles. The lowest BCUT2D eigenvalue weighted by atomic mass is 10.0. The molecule has 3 aromatic rings. The van der Waals surface area contributed by atoms with Gasteiger partial charge in [0.15, 0.2) is 0 Å². The largest absolute Gasteiger partial charge is 0.311 e. The van der Waals surface area contributed by atoms with Crippen molar-refractivity contribution in [1.29, 1.82) is 0 Å². The molecule has 0 aliphatic heterocycles. The smallest absolute Gasteiger partial charge is 0.251 e. The van der Waals surface area contributed by atoms with Crippen LogP contribution < -0.4 is 5.56 Å². The molecule has 1 heterocycles. The van der Waals surface area contributed by atoms with Gasteiger partial charge < -0.3 is 4.98 Å². The lowest BCUT2D eigenvalue weighted by Gasteiger charge is -2.17. The quantitative estimate of drug-likeness (QED) is 0.777. The van der Waals surface area contributed by atoms with E-state index in [1.807, 2.05) is 60.7 Å². The maximum Gasteiger partial charge on any atom is 0.251 e. The Bertz CT molecular complexity index is 853. The van der Waals surface area contributed by atoms with Crippen LogP contribution in [0.1, 0.15) is 27.9 Å². The maximum absolute atomic E-state index is 13.1. The third kappa shape index (κ3) is 3.86. The third-order valence-electron chi connectivity index (χ3n) is 3.67. The molecule has 3 rings (SSSR count). The SMILES string of the molecule is Cc1nc(CS(=O)C(c2ccccc2)c2ccccc2)cc(=O)[nH]1. The van der Waals surface area contributed by atoms with Gasteiger partial charge >= 0.3 is 0 Å². The van der Waals surface area contributed by atoms with E-state index in [1.165, 1.54) is 6.07 Å². The van der Waals surface area contributed by atoms with E-state index in [-0.39, 0.29) is 16.6 Å². The molecule has 0 fully saturated rings. The van der Waals surface area contributed by atoms with Crippen molar-refractivity contribution in [3.63, 3.8) is 0 Å². The molecule has 0 aliphatic rings. The lowest BCUT2D eigenvalue weighted by Crippen LogP contribution is -2.15. The molecule has 122 valence electrons. The third-order valence-corrected chi connectivity index (χ3v) is 5.32. The van der Waals surface area contributed by atoms with Crippen molar-refractivity contribution >= 4 is 10.8 Å². The predicted octanol–water partition coefficient (Wildman–Crippen LogP) is 3.12. The Labute approximate surface area is 143 Å². The molecule has 24 heavy (non-hydrogen) atoms. The van der Waals surface area contributed by atoms with Gasteiger partial charge in [-0.3, -0.25) is 9.00 Å². The number of rotatable bonds is 5. The first-order valence-corrected chi connectivity index (χ1v) is 9.05. The molecule has 1 N–H and O–H groups in total. The highest BCUT2D eigenvalue weighted by Gasteiger charge is 2.21. The first kappa shape index (κ1) is 16.3. The molecule has 0 aliphatic carbocycles. The van der Waals surface area contributed by atoms with Crippen LogP contribution in [0.2, 0.25) is 0 Å². The fourth-order valence-corrected chi connectivity index (χ4v) is 4.22. The Balaban J connectivity index is 1.96. The van der Waals surface area contributed by atoms with Gasteiger partial charge in [0.2, 0.25) is 0 Å². The number of aromatic amines is 1. The van der Waals surface area contributed by atoms with Crippen LogP contribution in [-0.2, 0) is 16.6 Å². The van der Waals surface area contributed by atoms with Crippen molar-refractivity contribution in [2.45, 2.75) is 17.9 Å². The molecule has 1 aromatic heterocycles. The van der Waals surface area contributed by atoms with E-state index < -0.39 is 10.8 Å². The van der Waals surface area contributed by atoms with Gasteiger partial charge in [-0.25, -0.2) is 4.98 Å². The van der Waals surface area contributed by atoms with Crippen molar-refractivity contribution in [2.24, 2.45) is 0 Å². The molecule has 0 bridgehead atoms. The van der Waals surface area contributed by atoms with Gasteiger partial charge in [-0.15, -0.1) is 0 Å². The fraction of sp³-hybridized carbons (Fsp3) is 0.158. The molecule has 1 unspecified atom stereocenters. The highest BCUT2D eigenvalue weighted by Crippen LogP contribution is 2.29. The Morgan fingerprint density at radius 2 is 1.54 bits per heavy atom. The maximum atomic E-state index is 13.1. The molecule has 0 radical (unpaired) electrons. The van der Waals surface area contributed by atoms with Crippen molar-refractivity contribution in [3.05, 3.63) is 99.7 Å². The summed E-state index contributed by atoms with van der Waals surface area (Å²) in [6, 6.07) is 21.0. The summed E-state index contributed by atoms with van der Waals surface area (Å²) in [5.74, 6) is 0.768. The summed E-state index contributed by atoms with van der Waals surface area (Å²) in [5.41, 5.74) is 2.31. The van der Waals surface area contributed by atoms with Crippen molar-refractivity contribution in [2.75, 3.05) is 0 Å².